The highest BCUT2D eigenvalue weighted by Gasteiger charge is 2.92. The van der Waals surface area contributed by atoms with Gasteiger partial charge >= 0.3 is 10.6 Å². The van der Waals surface area contributed by atoms with Crippen molar-refractivity contribution in [2.24, 2.45) is 0 Å². The molecule has 0 aliphatic carbocycles. The molecule has 0 unspecified atom stereocenters. The minimum Gasteiger partial charge on any atom is -0.226 e. The minimum absolute atomic E-state index is 0.281. The number of hydrogen-bond donors (Lipinski definition) is 0. The summed E-state index contributed by atoms with van der Waals surface area (Å²) in [5, 5.41) is -16.3. The lowest BCUT2D eigenvalue weighted by atomic mass is 10.7. The van der Waals surface area contributed by atoms with E-state index in [4.69, 9.17) is 0 Å². The Hall–Kier alpha value is -0.840. The van der Waals surface area contributed by atoms with E-state index in [2.05, 4.69) is 21.6 Å². The molecule has 1 aromatic heterocycles. The first-order valence-electron chi connectivity index (χ1n) is 3.85. The summed E-state index contributed by atoms with van der Waals surface area (Å²) in [6.07, 6.45) is 0.562. The van der Waals surface area contributed by atoms with E-state index >= 15 is 0 Å². The van der Waals surface area contributed by atoms with E-state index in [0.717, 1.165) is 6.07 Å². The smallest absolute Gasteiger partial charge is 0.226 e. The van der Waals surface area contributed by atoms with Crippen LogP contribution in [0.15, 0.2) is 23.6 Å². The van der Waals surface area contributed by atoms with Crippen LogP contribution in [-0.4, -0.2) is 20.6 Å². The molecule has 0 radical (unpaired) electrons. The molecule has 106 valence electrons. The van der Waals surface area contributed by atoms with E-state index in [1.165, 1.54) is 0 Å². The summed E-state index contributed by atoms with van der Waals surface area (Å²) in [5.74, 6) is 0. The van der Waals surface area contributed by atoms with Gasteiger partial charge in [-0.3, -0.25) is 0 Å². The van der Waals surface area contributed by atoms with Crippen molar-refractivity contribution in [1.29, 1.82) is 0 Å². The van der Waals surface area contributed by atoms with Crippen LogP contribution in [0.25, 0.3) is 0 Å². The summed E-state index contributed by atoms with van der Waals surface area (Å²) < 4.78 is 103. The Morgan fingerprint density at radius 2 is 1.33 bits per heavy atom. The first kappa shape index (κ1) is 15.2. The van der Waals surface area contributed by atoms with Crippen LogP contribution in [0.5, 0.6) is 0 Å². The van der Waals surface area contributed by atoms with Crippen molar-refractivity contribution >= 4 is 21.4 Å². The van der Waals surface area contributed by atoms with Gasteiger partial charge in [0.25, 0.3) is 15.0 Å². The maximum absolute atomic E-state index is 13.2. The van der Waals surface area contributed by atoms with Gasteiger partial charge in [-0.15, -0.1) is 15.5 Å². The maximum atomic E-state index is 13.2. The molecule has 1 heterocycles. The summed E-state index contributed by atoms with van der Waals surface area (Å²) >= 11 is 3.67. The molecule has 1 aromatic rings. The molecule has 18 heavy (non-hydrogen) atoms. The summed E-state index contributed by atoms with van der Waals surface area (Å²) in [6.45, 7) is 0. The van der Waals surface area contributed by atoms with Crippen LogP contribution in [0.3, 0.4) is 0 Å². The zero-order valence-electron chi connectivity index (χ0n) is 7.94. The molecule has 0 bridgehead atoms. The molecule has 0 aromatic carbocycles. The number of hydrogen-bond acceptors (Lipinski definition) is 2. The third-order valence-corrected chi connectivity index (χ3v) is 4.34. The van der Waals surface area contributed by atoms with Crippen LogP contribution in [0.2, 0.25) is 0 Å². The van der Waals surface area contributed by atoms with Crippen LogP contribution < -0.4 is 0 Å². The summed E-state index contributed by atoms with van der Waals surface area (Å²) in [7, 11) is -10.8. The van der Waals surface area contributed by atoms with Crippen LogP contribution in [0, 0.1) is 0 Å². The minimum atomic E-state index is -10.8. The van der Waals surface area contributed by atoms with Gasteiger partial charge in [-0.2, -0.15) is 17.6 Å². The SMILES string of the molecule is FC(F)(Cl)C(F)(F)S(F)(F)(F)(F)c1ncccn1. The Morgan fingerprint density at radius 3 is 1.67 bits per heavy atom. The zero-order chi connectivity index (χ0) is 14.5. The lowest BCUT2D eigenvalue weighted by Crippen LogP contribution is -2.48. The number of halogens is 9. The quantitative estimate of drug-likeness (QED) is 0.459. The lowest BCUT2D eigenvalue weighted by Gasteiger charge is -2.52. The third-order valence-electron chi connectivity index (χ3n) is 1.76. The van der Waals surface area contributed by atoms with E-state index < -0.39 is 25.6 Å². The van der Waals surface area contributed by atoms with Crippen LogP contribution in [-0.2, 0) is 0 Å². The highest BCUT2D eigenvalue weighted by atomic mass is 35.5. The van der Waals surface area contributed by atoms with E-state index in [0.29, 0.717) is 0 Å². The number of rotatable bonds is 3. The first-order valence-corrected chi connectivity index (χ1v) is 6.28. The van der Waals surface area contributed by atoms with Crippen molar-refractivity contribution < 1.29 is 33.1 Å². The zero-order valence-corrected chi connectivity index (χ0v) is 9.51. The second kappa shape index (κ2) is 3.18. The fourth-order valence-electron chi connectivity index (χ4n) is 0.845. The van der Waals surface area contributed by atoms with Gasteiger partial charge in [0.05, 0.1) is 0 Å². The van der Waals surface area contributed by atoms with Crippen molar-refractivity contribution in [3.8, 4) is 0 Å². The van der Waals surface area contributed by atoms with Crippen molar-refractivity contribution in [2.75, 3.05) is 0 Å². The largest absolute Gasteiger partial charge is 0.437 e. The predicted octanol–water partition coefficient (Wildman–Crippen LogP) is 4.67. The highest BCUT2D eigenvalue weighted by molar-refractivity contribution is 8.50. The van der Waals surface area contributed by atoms with Gasteiger partial charge in [-0.1, -0.05) is 0 Å². The standard InChI is InChI=1S/C6H3ClF8N2S/c7-5(8,9)6(10,11)18(12,13,14,15)4-16-2-1-3-17-4/h1-3H. The highest BCUT2D eigenvalue weighted by Crippen LogP contribution is 3.07. The van der Waals surface area contributed by atoms with Gasteiger partial charge in [0.1, 0.15) is 0 Å². The second-order valence-electron chi connectivity index (χ2n) is 3.12. The van der Waals surface area contributed by atoms with Crippen LogP contribution >= 0.6 is 21.4 Å². The second-order valence-corrected chi connectivity index (χ2v) is 6.61. The molecule has 0 N–H and O–H groups in total. The van der Waals surface area contributed by atoms with Gasteiger partial charge in [0.2, 0.25) is 0 Å². The van der Waals surface area contributed by atoms with E-state index in [-0.39, 0.29) is 12.4 Å². The van der Waals surface area contributed by atoms with Crippen LogP contribution in [0.4, 0.5) is 33.1 Å². The first-order chi connectivity index (χ1) is 7.64. The number of nitrogens with zero attached hydrogens (tertiary/aromatic N) is 2. The monoisotopic (exact) mass is 322 g/mol. The Bertz CT molecular complexity index is 465. The molecular formula is C6H3ClF8N2S. The summed E-state index contributed by atoms with van der Waals surface area (Å²) in [5.41, 5.74) is 0. The number of alkyl halides is 5. The van der Waals surface area contributed by atoms with Crippen molar-refractivity contribution in [1.82, 2.24) is 9.97 Å². The molecule has 0 amide bonds. The average Bonchev–Trinajstić information content (AvgIpc) is 2.15. The van der Waals surface area contributed by atoms with Gasteiger partial charge in [0.15, 0.2) is 0 Å². The predicted molar refractivity (Wildman–Crippen MR) is 48.1 cm³/mol. The lowest BCUT2D eigenvalue weighted by molar-refractivity contribution is -0.114. The molecule has 0 aliphatic heterocycles. The molecule has 0 aliphatic rings. The molecule has 2 nitrogen and oxygen atoms in total. The van der Waals surface area contributed by atoms with Crippen molar-refractivity contribution in [3.05, 3.63) is 18.5 Å². The van der Waals surface area contributed by atoms with Crippen molar-refractivity contribution in [3.63, 3.8) is 0 Å². The van der Waals surface area contributed by atoms with Gasteiger partial charge in [-0.25, -0.2) is 9.97 Å². The van der Waals surface area contributed by atoms with Gasteiger partial charge in [0, 0.05) is 12.4 Å². The molecule has 0 saturated heterocycles. The third kappa shape index (κ3) is 1.79. The maximum Gasteiger partial charge on any atom is 0.437 e. The van der Waals surface area contributed by atoms with Crippen LogP contribution in [0.1, 0.15) is 0 Å². The Kier molecular flexibility index (Phi) is 2.69. The number of aromatic nitrogens is 2. The molecule has 12 heteroatoms. The summed E-state index contributed by atoms with van der Waals surface area (Å²) in [4.78, 5) is 4.49. The molecule has 0 saturated carbocycles. The Balaban J connectivity index is 3.69. The topological polar surface area (TPSA) is 25.8 Å². The molecular weight excluding hydrogens is 320 g/mol. The molecule has 0 spiro atoms. The average molecular weight is 323 g/mol. The Morgan fingerprint density at radius 1 is 0.944 bits per heavy atom. The normalized spacial score (nSPS) is 18.1. The molecule has 1 rings (SSSR count). The fraction of sp³-hybridized carbons (Fsp3) is 0.333. The van der Waals surface area contributed by atoms with E-state index in [1.54, 1.807) is 0 Å². The fourth-order valence-corrected chi connectivity index (χ4v) is 2.55. The summed E-state index contributed by atoms with van der Waals surface area (Å²) in [6, 6.07) is 0.758. The van der Waals surface area contributed by atoms with E-state index in [9.17, 15) is 33.1 Å². The van der Waals surface area contributed by atoms with E-state index in [1.807, 2.05) is 0 Å². The Labute approximate surface area is 99.4 Å². The van der Waals surface area contributed by atoms with Crippen molar-refractivity contribution in [2.45, 2.75) is 15.8 Å². The molecule has 0 fully saturated rings. The van der Waals surface area contributed by atoms with Gasteiger partial charge in [-0.05, 0) is 17.7 Å². The van der Waals surface area contributed by atoms with Gasteiger partial charge < -0.3 is 0 Å². The molecule has 0 atom stereocenters.